The van der Waals surface area contributed by atoms with Gasteiger partial charge in [0.15, 0.2) is 0 Å². The lowest BCUT2D eigenvalue weighted by Crippen LogP contribution is -2.13. The second-order valence-electron chi connectivity index (χ2n) is 3.92. The normalized spacial score (nSPS) is 10.3. The Bertz CT molecular complexity index is 295. The molecule has 0 unspecified atom stereocenters. The van der Waals surface area contributed by atoms with Crippen molar-refractivity contribution in [2.45, 2.75) is 12.8 Å². The first-order chi connectivity index (χ1) is 7.83. The molecule has 0 bridgehead atoms. The average molecular weight is 219 g/mol. The lowest BCUT2D eigenvalue weighted by atomic mass is 10.1. The molecule has 0 aliphatic heterocycles. The summed E-state index contributed by atoms with van der Waals surface area (Å²) in [4.78, 5) is 0. The van der Waals surface area contributed by atoms with Gasteiger partial charge in [0.25, 0.3) is 0 Å². The topological polar surface area (TPSA) is 21.3 Å². The van der Waals surface area contributed by atoms with E-state index in [0.717, 1.165) is 31.6 Å². The number of likely N-dealkylation sites (N-methyl/N-ethyl adjacent to an activating group) is 1. The van der Waals surface area contributed by atoms with E-state index in [2.05, 4.69) is 36.2 Å². The molecule has 2 nitrogen and oxygen atoms in total. The number of benzene rings is 1. The second kappa shape index (κ2) is 8.08. The number of aryl methyl sites for hydroxylation is 1. The van der Waals surface area contributed by atoms with Crippen LogP contribution in [0.3, 0.4) is 0 Å². The van der Waals surface area contributed by atoms with Gasteiger partial charge in [-0.15, -0.1) is 0 Å². The summed E-state index contributed by atoms with van der Waals surface area (Å²) in [6.07, 6.45) is 2.15. The number of ether oxygens (including phenoxy) is 1. The van der Waals surface area contributed by atoms with Crippen molar-refractivity contribution in [3.63, 3.8) is 0 Å². The molecule has 1 N–H and O–H groups in total. The average Bonchev–Trinajstić information content (AvgIpc) is 2.30. The fraction of sp³-hybridized carbons (Fsp3) is 0.429. The van der Waals surface area contributed by atoms with Crippen LogP contribution in [0.25, 0.3) is 0 Å². The Labute approximate surface area is 98.3 Å². The van der Waals surface area contributed by atoms with Crippen LogP contribution in [0.1, 0.15) is 12.0 Å². The van der Waals surface area contributed by atoms with Gasteiger partial charge in [0, 0.05) is 13.2 Å². The predicted molar refractivity (Wildman–Crippen MR) is 68.6 cm³/mol. The van der Waals surface area contributed by atoms with Crippen molar-refractivity contribution >= 4 is 0 Å². The summed E-state index contributed by atoms with van der Waals surface area (Å²) in [6, 6.07) is 10.5. The van der Waals surface area contributed by atoms with Crippen LogP contribution in [-0.2, 0) is 11.2 Å². The largest absolute Gasteiger partial charge is 0.377 e. The van der Waals surface area contributed by atoms with E-state index in [1.54, 1.807) is 0 Å². The lowest BCUT2D eigenvalue weighted by molar-refractivity contribution is 0.152. The molecule has 0 fully saturated rings. The maximum absolute atomic E-state index is 5.53. The highest BCUT2D eigenvalue weighted by molar-refractivity contribution is 5.14. The second-order valence-corrected chi connectivity index (χ2v) is 3.92. The Morgan fingerprint density at radius 2 is 2.06 bits per heavy atom. The molecule has 0 aromatic heterocycles. The molecule has 0 saturated carbocycles. The van der Waals surface area contributed by atoms with E-state index in [9.17, 15) is 0 Å². The third-order valence-corrected chi connectivity index (χ3v) is 2.33. The van der Waals surface area contributed by atoms with Crippen LogP contribution in [-0.4, -0.2) is 26.8 Å². The number of nitrogens with one attached hydrogen (secondary N) is 1. The first-order valence-electron chi connectivity index (χ1n) is 5.76. The molecule has 0 amide bonds. The monoisotopic (exact) mass is 219 g/mol. The molecular weight excluding hydrogens is 198 g/mol. The maximum Gasteiger partial charge on any atom is 0.0686 e. The molecule has 0 heterocycles. The molecule has 0 spiro atoms. The molecule has 0 aliphatic rings. The summed E-state index contributed by atoms with van der Waals surface area (Å²) < 4.78 is 5.53. The SMILES string of the molecule is C=C(CNC)COCCCc1ccccc1. The van der Waals surface area contributed by atoms with E-state index in [1.165, 1.54) is 5.56 Å². The van der Waals surface area contributed by atoms with Crippen molar-refractivity contribution in [2.75, 3.05) is 26.8 Å². The van der Waals surface area contributed by atoms with Crippen LogP contribution >= 0.6 is 0 Å². The Morgan fingerprint density at radius 3 is 2.75 bits per heavy atom. The van der Waals surface area contributed by atoms with E-state index in [0.29, 0.717) is 6.61 Å². The molecule has 0 saturated heterocycles. The van der Waals surface area contributed by atoms with Crippen LogP contribution in [0.5, 0.6) is 0 Å². The highest BCUT2D eigenvalue weighted by atomic mass is 16.5. The van der Waals surface area contributed by atoms with Crippen molar-refractivity contribution in [3.8, 4) is 0 Å². The number of hydrogen-bond donors (Lipinski definition) is 1. The van der Waals surface area contributed by atoms with Gasteiger partial charge in [0.2, 0.25) is 0 Å². The zero-order chi connectivity index (χ0) is 11.6. The minimum atomic E-state index is 0.662. The highest BCUT2D eigenvalue weighted by Gasteiger charge is 1.94. The molecule has 1 rings (SSSR count). The third kappa shape index (κ3) is 5.69. The molecular formula is C14H21NO. The first kappa shape index (κ1) is 12.9. The minimum absolute atomic E-state index is 0.662. The fourth-order valence-electron chi connectivity index (χ4n) is 1.54. The quantitative estimate of drug-likeness (QED) is 0.535. The van der Waals surface area contributed by atoms with Crippen molar-refractivity contribution in [1.82, 2.24) is 5.32 Å². The van der Waals surface area contributed by atoms with Crippen molar-refractivity contribution in [3.05, 3.63) is 48.0 Å². The zero-order valence-electron chi connectivity index (χ0n) is 10.0. The molecule has 0 aliphatic carbocycles. The summed E-state index contributed by atoms with van der Waals surface area (Å²) in [6.45, 7) is 6.21. The smallest absolute Gasteiger partial charge is 0.0686 e. The minimum Gasteiger partial charge on any atom is -0.377 e. The summed E-state index contributed by atoms with van der Waals surface area (Å²) in [5.74, 6) is 0. The van der Waals surface area contributed by atoms with Crippen molar-refractivity contribution in [2.24, 2.45) is 0 Å². The standard InChI is InChI=1S/C14H21NO/c1-13(11-15-2)12-16-10-6-9-14-7-4-3-5-8-14/h3-5,7-8,15H,1,6,9-12H2,2H3. The van der Waals surface area contributed by atoms with Gasteiger partial charge in [-0.25, -0.2) is 0 Å². The van der Waals surface area contributed by atoms with E-state index in [-0.39, 0.29) is 0 Å². The van der Waals surface area contributed by atoms with Gasteiger partial charge >= 0.3 is 0 Å². The summed E-state index contributed by atoms with van der Waals surface area (Å²) in [7, 11) is 1.92. The van der Waals surface area contributed by atoms with Gasteiger partial charge in [-0.3, -0.25) is 0 Å². The molecule has 0 atom stereocenters. The summed E-state index contributed by atoms with van der Waals surface area (Å²) >= 11 is 0. The first-order valence-corrected chi connectivity index (χ1v) is 5.76. The van der Waals surface area contributed by atoms with Crippen molar-refractivity contribution < 1.29 is 4.74 Å². The summed E-state index contributed by atoms with van der Waals surface area (Å²) in [5, 5.41) is 3.05. The fourth-order valence-corrected chi connectivity index (χ4v) is 1.54. The molecule has 0 radical (unpaired) electrons. The van der Waals surface area contributed by atoms with Crippen LogP contribution < -0.4 is 5.32 Å². The molecule has 1 aromatic carbocycles. The van der Waals surface area contributed by atoms with Crippen LogP contribution in [0.15, 0.2) is 42.5 Å². The molecule has 1 aromatic rings. The number of rotatable bonds is 8. The van der Waals surface area contributed by atoms with Crippen molar-refractivity contribution in [1.29, 1.82) is 0 Å². The third-order valence-electron chi connectivity index (χ3n) is 2.33. The van der Waals surface area contributed by atoms with E-state index >= 15 is 0 Å². The maximum atomic E-state index is 5.53. The van der Waals surface area contributed by atoms with Gasteiger partial charge in [-0.1, -0.05) is 36.9 Å². The van der Waals surface area contributed by atoms with E-state index in [1.807, 2.05) is 13.1 Å². The van der Waals surface area contributed by atoms with E-state index < -0.39 is 0 Å². The highest BCUT2D eigenvalue weighted by Crippen LogP contribution is 2.02. The van der Waals surface area contributed by atoms with Gasteiger partial charge < -0.3 is 10.1 Å². The zero-order valence-corrected chi connectivity index (χ0v) is 10.0. The van der Waals surface area contributed by atoms with Gasteiger partial charge in [0.1, 0.15) is 0 Å². The lowest BCUT2D eigenvalue weighted by Gasteiger charge is -2.06. The Hall–Kier alpha value is -1.12. The molecule has 2 heteroatoms. The Morgan fingerprint density at radius 1 is 1.31 bits per heavy atom. The van der Waals surface area contributed by atoms with Gasteiger partial charge in [-0.05, 0) is 31.0 Å². The predicted octanol–water partition coefficient (Wildman–Crippen LogP) is 2.41. The van der Waals surface area contributed by atoms with Gasteiger partial charge in [-0.2, -0.15) is 0 Å². The van der Waals surface area contributed by atoms with Gasteiger partial charge in [0.05, 0.1) is 6.61 Å². The molecule has 16 heavy (non-hydrogen) atoms. The molecule has 88 valence electrons. The van der Waals surface area contributed by atoms with Crippen LogP contribution in [0.2, 0.25) is 0 Å². The number of hydrogen-bond acceptors (Lipinski definition) is 2. The Kier molecular flexibility index (Phi) is 6.54. The van der Waals surface area contributed by atoms with E-state index in [4.69, 9.17) is 4.74 Å². The van der Waals surface area contributed by atoms with Crippen LogP contribution in [0.4, 0.5) is 0 Å². The Balaban J connectivity index is 2.02. The summed E-state index contributed by atoms with van der Waals surface area (Å²) in [5.41, 5.74) is 2.47. The van der Waals surface area contributed by atoms with Crippen LogP contribution in [0, 0.1) is 0 Å².